The van der Waals surface area contributed by atoms with Gasteiger partial charge in [-0.1, -0.05) is 0 Å². The molecule has 1 aromatic heterocycles. The summed E-state index contributed by atoms with van der Waals surface area (Å²) in [6.45, 7) is 3.39. The zero-order valence-electron chi connectivity index (χ0n) is 10.00. The molecule has 2 heterocycles. The van der Waals surface area contributed by atoms with Gasteiger partial charge in [0.2, 0.25) is 0 Å². The van der Waals surface area contributed by atoms with Gasteiger partial charge in [-0.3, -0.25) is 0 Å². The summed E-state index contributed by atoms with van der Waals surface area (Å²) in [6.07, 6.45) is 1.34. The van der Waals surface area contributed by atoms with Crippen LogP contribution < -0.4 is 5.32 Å². The van der Waals surface area contributed by atoms with Gasteiger partial charge in [0.25, 0.3) is 10.0 Å². The van der Waals surface area contributed by atoms with Crippen LogP contribution in [-0.2, 0) is 10.0 Å². The molecule has 0 saturated carbocycles. The number of aromatic nitrogens is 1. The third kappa shape index (κ3) is 2.51. The molecule has 1 fully saturated rings. The molecule has 0 bridgehead atoms. The molecule has 0 aromatic carbocycles. The molecule has 0 unspecified atom stereocenters. The Kier molecular flexibility index (Phi) is 3.61. The number of rotatable bonds is 2. The van der Waals surface area contributed by atoms with E-state index in [4.69, 9.17) is 5.26 Å². The first-order valence-corrected chi connectivity index (χ1v) is 7.08. The van der Waals surface area contributed by atoms with Crippen molar-refractivity contribution in [3.05, 3.63) is 23.9 Å². The first kappa shape index (κ1) is 13.0. The van der Waals surface area contributed by atoms with Gasteiger partial charge in [-0.05, 0) is 19.1 Å². The number of piperazine rings is 1. The second-order valence-electron chi connectivity index (χ2n) is 4.21. The van der Waals surface area contributed by atoms with E-state index in [1.54, 1.807) is 0 Å². The number of hydrogen-bond donors (Lipinski definition) is 1. The molecule has 18 heavy (non-hydrogen) atoms. The average Bonchev–Trinajstić information content (AvgIpc) is 2.39. The number of sulfonamides is 1. The van der Waals surface area contributed by atoms with Crippen molar-refractivity contribution in [2.75, 3.05) is 19.6 Å². The van der Waals surface area contributed by atoms with Gasteiger partial charge in [0.1, 0.15) is 0 Å². The van der Waals surface area contributed by atoms with E-state index in [9.17, 15) is 8.42 Å². The highest BCUT2D eigenvalue weighted by Crippen LogP contribution is 2.15. The van der Waals surface area contributed by atoms with Gasteiger partial charge in [0, 0.05) is 31.9 Å². The quantitative estimate of drug-likeness (QED) is 0.810. The fourth-order valence-electron chi connectivity index (χ4n) is 1.87. The van der Waals surface area contributed by atoms with Crippen molar-refractivity contribution >= 4 is 10.0 Å². The van der Waals surface area contributed by atoms with Crippen molar-refractivity contribution in [1.29, 1.82) is 5.26 Å². The minimum Gasteiger partial charge on any atom is -0.312 e. The normalized spacial score (nSPS) is 21.4. The smallest absolute Gasteiger partial charge is 0.260 e. The summed E-state index contributed by atoms with van der Waals surface area (Å²) < 4.78 is 26.1. The van der Waals surface area contributed by atoms with E-state index < -0.39 is 10.0 Å². The van der Waals surface area contributed by atoms with Crippen LogP contribution in [0.4, 0.5) is 0 Å². The molecule has 96 valence electrons. The van der Waals surface area contributed by atoms with Crippen LogP contribution in [0.1, 0.15) is 12.5 Å². The second-order valence-corrected chi connectivity index (χ2v) is 6.10. The highest BCUT2D eigenvalue weighted by Gasteiger charge is 2.29. The Hall–Kier alpha value is -1.49. The molecule has 6 nitrogen and oxygen atoms in total. The van der Waals surface area contributed by atoms with Crippen LogP contribution >= 0.6 is 0 Å². The second kappa shape index (κ2) is 5.02. The fourth-order valence-corrected chi connectivity index (χ4v) is 3.35. The van der Waals surface area contributed by atoms with Crippen LogP contribution in [0, 0.1) is 11.3 Å². The minimum atomic E-state index is -3.60. The Labute approximate surface area is 106 Å². The summed E-state index contributed by atoms with van der Waals surface area (Å²) in [7, 11) is -3.60. The summed E-state index contributed by atoms with van der Waals surface area (Å²) in [4.78, 5) is 3.86. The molecule has 1 aromatic rings. The van der Waals surface area contributed by atoms with Crippen molar-refractivity contribution in [3.63, 3.8) is 0 Å². The van der Waals surface area contributed by atoms with Gasteiger partial charge in [0.15, 0.2) is 5.03 Å². The summed E-state index contributed by atoms with van der Waals surface area (Å²) in [5.41, 5.74) is 0.298. The lowest BCUT2D eigenvalue weighted by Gasteiger charge is -2.30. The molecular formula is C11H14N4O2S. The lowest BCUT2D eigenvalue weighted by Crippen LogP contribution is -2.51. The van der Waals surface area contributed by atoms with E-state index in [-0.39, 0.29) is 11.1 Å². The maximum absolute atomic E-state index is 12.3. The van der Waals surface area contributed by atoms with E-state index in [2.05, 4.69) is 10.3 Å². The summed E-state index contributed by atoms with van der Waals surface area (Å²) in [5, 5.41) is 11.9. The molecule has 0 radical (unpaired) electrons. The average molecular weight is 266 g/mol. The van der Waals surface area contributed by atoms with Gasteiger partial charge in [-0.15, -0.1) is 0 Å². The molecule has 2 rings (SSSR count). The van der Waals surface area contributed by atoms with Gasteiger partial charge >= 0.3 is 0 Å². The Balaban J connectivity index is 2.33. The first-order valence-electron chi connectivity index (χ1n) is 5.64. The Bertz CT molecular complexity index is 579. The number of nitrogens with zero attached hydrogens (tertiary/aromatic N) is 3. The molecule has 0 amide bonds. The molecule has 1 aliphatic rings. The van der Waals surface area contributed by atoms with E-state index in [1.807, 2.05) is 13.0 Å². The largest absolute Gasteiger partial charge is 0.312 e. The lowest BCUT2D eigenvalue weighted by atomic mass is 10.3. The van der Waals surface area contributed by atoms with Gasteiger partial charge in [-0.25, -0.2) is 13.4 Å². The molecule has 1 atom stereocenters. The summed E-state index contributed by atoms with van der Waals surface area (Å²) in [6, 6.07) is 4.83. The van der Waals surface area contributed by atoms with Gasteiger partial charge in [0.05, 0.1) is 11.6 Å². The van der Waals surface area contributed by atoms with Crippen molar-refractivity contribution in [2.24, 2.45) is 0 Å². The molecule has 0 spiro atoms. The SMILES string of the molecule is C[C@H]1CN(S(=O)(=O)c2cc(C#N)ccn2)CCN1. The number of nitriles is 1. The highest BCUT2D eigenvalue weighted by atomic mass is 32.2. The number of hydrogen-bond acceptors (Lipinski definition) is 5. The monoisotopic (exact) mass is 266 g/mol. The summed E-state index contributed by atoms with van der Waals surface area (Å²) in [5.74, 6) is 0. The molecule has 1 aliphatic heterocycles. The van der Waals surface area contributed by atoms with Crippen molar-refractivity contribution in [2.45, 2.75) is 18.0 Å². The highest BCUT2D eigenvalue weighted by molar-refractivity contribution is 7.89. The van der Waals surface area contributed by atoms with Crippen molar-refractivity contribution in [3.8, 4) is 6.07 Å². The van der Waals surface area contributed by atoms with Crippen LogP contribution in [0.5, 0.6) is 0 Å². The molecule has 1 saturated heterocycles. The topological polar surface area (TPSA) is 86.1 Å². The van der Waals surface area contributed by atoms with Crippen molar-refractivity contribution in [1.82, 2.24) is 14.6 Å². The molecule has 0 aliphatic carbocycles. The lowest BCUT2D eigenvalue weighted by molar-refractivity contribution is 0.309. The van der Waals surface area contributed by atoms with E-state index in [0.29, 0.717) is 25.2 Å². The fraction of sp³-hybridized carbons (Fsp3) is 0.455. The van der Waals surface area contributed by atoms with Crippen LogP contribution in [-0.4, -0.2) is 43.4 Å². The molecule has 1 N–H and O–H groups in total. The third-order valence-corrected chi connectivity index (χ3v) is 4.56. The third-order valence-electron chi connectivity index (χ3n) is 2.80. The standard InChI is InChI=1S/C11H14N4O2S/c1-9-8-15(5-4-13-9)18(16,17)11-6-10(7-12)2-3-14-11/h2-3,6,9,13H,4-5,8H2,1H3/t9-/m0/s1. The Morgan fingerprint density at radius 3 is 3.06 bits per heavy atom. The van der Waals surface area contributed by atoms with Crippen LogP contribution in [0.3, 0.4) is 0 Å². The van der Waals surface area contributed by atoms with E-state index >= 15 is 0 Å². The Morgan fingerprint density at radius 1 is 1.61 bits per heavy atom. The van der Waals surface area contributed by atoms with Gasteiger partial charge in [-0.2, -0.15) is 9.57 Å². The van der Waals surface area contributed by atoms with E-state index in [0.717, 1.165) is 0 Å². The number of pyridine rings is 1. The van der Waals surface area contributed by atoms with Crippen LogP contribution in [0.15, 0.2) is 23.4 Å². The predicted molar refractivity (Wildman–Crippen MR) is 65.2 cm³/mol. The van der Waals surface area contributed by atoms with Crippen LogP contribution in [0.2, 0.25) is 0 Å². The zero-order valence-corrected chi connectivity index (χ0v) is 10.8. The maximum atomic E-state index is 12.3. The molecular weight excluding hydrogens is 252 g/mol. The molecule has 7 heteroatoms. The van der Waals surface area contributed by atoms with Gasteiger partial charge < -0.3 is 5.32 Å². The number of nitrogens with one attached hydrogen (secondary N) is 1. The van der Waals surface area contributed by atoms with Crippen molar-refractivity contribution < 1.29 is 8.42 Å². The van der Waals surface area contributed by atoms with E-state index in [1.165, 1.54) is 22.6 Å². The van der Waals surface area contributed by atoms with Crippen LogP contribution in [0.25, 0.3) is 0 Å². The summed E-state index contributed by atoms with van der Waals surface area (Å²) >= 11 is 0. The first-order chi connectivity index (χ1) is 8.54. The Morgan fingerprint density at radius 2 is 2.39 bits per heavy atom. The zero-order chi connectivity index (χ0) is 13.2. The maximum Gasteiger partial charge on any atom is 0.260 e. The minimum absolute atomic E-state index is 0.0596. The predicted octanol–water partition coefficient (Wildman–Crippen LogP) is -0.0643.